The van der Waals surface area contributed by atoms with Gasteiger partial charge >= 0.3 is 0 Å². The monoisotopic (exact) mass is 359 g/mol. The molecule has 5 heteroatoms. The van der Waals surface area contributed by atoms with Crippen molar-refractivity contribution in [3.63, 3.8) is 0 Å². The summed E-state index contributed by atoms with van der Waals surface area (Å²) in [5.41, 5.74) is 8.61. The molecule has 0 saturated heterocycles. The highest BCUT2D eigenvalue weighted by Gasteiger charge is 2.17. The van der Waals surface area contributed by atoms with Crippen molar-refractivity contribution < 1.29 is 9.59 Å². The molecule has 0 aliphatic heterocycles. The minimum atomic E-state index is -0.318. The Morgan fingerprint density at radius 3 is 1.81 bits per heavy atom. The second-order valence-electron chi connectivity index (χ2n) is 6.13. The molecule has 0 bridgehead atoms. The highest BCUT2D eigenvalue weighted by atomic mass is 16.2. The highest BCUT2D eigenvalue weighted by Crippen LogP contribution is 2.21. The summed E-state index contributed by atoms with van der Waals surface area (Å²) in [6.07, 6.45) is 0. The summed E-state index contributed by atoms with van der Waals surface area (Å²) in [7, 11) is 0. The third kappa shape index (κ3) is 4.95. The van der Waals surface area contributed by atoms with Crippen molar-refractivity contribution in [3.05, 3.63) is 102 Å². The van der Waals surface area contributed by atoms with Gasteiger partial charge in [0.25, 0.3) is 5.91 Å². The molecule has 0 atom stereocenters. The van der Waals surface area contributed by atoms with Gasteiger partial charge in [0.2, 0.25) is 5.91 Å². The number of rotatable bonds is 6. The number of carbonyl (C=O) groups excluding carboxylic acids is 2. The molecule has 0 fully saturated rings. The summed E-state index contributed by atoms with van der Waals surface area (Å²) in [4.78, 5) is 24.6. The van der Waals surface area contributed by atoms with Crippen LogP contribution >= 0.6 is 0 Å². The molecular formula is C22H21N3O2. The molecule has 0 aliphatic carbocycles. The Morgan fingerprint density at radius 2 is 1.30 bits per heavy atom. The van der Waals surface area contributed by atoms with E-state index in [1.54, 1.807) is 24.3 Å². The standard InChI is InChI=1S/C22H21N3O2/c23-19-13-11-18(12-14-19)22(27)24-15-20(26)25-21(16-7-3-1-4-8-16)17-9-5-2-6-10-17/h1-14,21H,15,23H2,(H,24,27)(H,25,26). The number of anilines is 1. The van der Waals surface area contributed by atoms with Gasteiger partial charge in [-0.05, 0) is 35.4 Å². The average Bonchev–Trinajstić information content (AvgIpc) is 2.72. The predicted molar refractivity (Wildman–Crippen MR) is 106 cm³/mol. The van der Waals surface area contributed by atoms with Crippen LogP contribution in [-0.2, 0) is 4.79 Å². The van der Waals surface area contributed by atoms with Crippen LogP contribution in [0.4, 0.5) is 5.69 Å². The van der Waals surface area contributed by atoms with Gasteiger partial charge in [0, 0.05) is 11.3 Å². The van der Waals surface area contributed by atoms with Gasteiger partial charge in [-0.2, -0.15) is 0 Å². The van der Waals surface area contributed by atoms with Crippen molar-refractivity contribution >= 4 is 17.5 Å². The molecule has 0 aromatic heterocycles. The Morgan fingerprint density at radius 1 is 0.778 bits per heavy atom. The van der Waals surface area contributed by atoms with E-state index in [2.05, 4.69) is 10.6 Å². The first kappa shape index (κ1) is 18.2. The summed E-state index contributed by atoms with van der Waals surface area (Å²) in [6, 6.07) is 25.7. The Hall–Kier alpha value is -3.60. The molecule has 5 nitrogen and oxygen atoms in total. The van der Waals surface area contributed by atoms with E-state index in [9.17, 15) is 9.59 Å². The van der Waals surface area contributed by atoms with Crippen LogP contribution in [0.1, 0.15) is 27.5 Å². The lowest BCUT2D eigenvalue weighted by atomic mass is 9.99. The first-order valence-corrected chi connectivity index (χ1v) is 8.66. The maximum absolute atomic E-state index is 12.4. The van der Waals surface area contributed by atoms with Gasteiger partial charge in [0.05, 0.1) is 12.6 Å². The zero-order chi connectivity index (χ0) is 19.1. The molecule has 136 valence electrons. The largest absolute Gasteiger partial charge is 0.399 e. The molecule has 27 heavy (non-hydrogen) atoms. The van der Waals surface area contributed by atoms with Crippen LogP contribution in [0.3, 0.4) is 0 Å². The fourth-order valence-corrected chi connectivity index (χ4v) is 2.76. The van der Waals surface area contributed by atoms with E-state index in [1.807, 2.05) is 60.7 Å². The molecule has 0 radical (unpaired) electrons. The summed E-state index contributed by atoms with van der Waals surface area (Å²) in [6.45, 7) is -0.112. The third-order valence-corrected chi connectivity index (χ3v) is 4.15. The van der Waals surface area contributed by atoms with E-state index in [0.717, 1.165) is 11.1 Å². The zero-order valence-corrected chi connectivity index (χ0v) is 14.8. The van der Waals surface area contributed by atoms with Gasteiger partial charge < -0.3 is 16.4 Å². The molecule has 3 aromatic rings. The topological polar surface area (TPSA) is 84.2 Å². The van der Waals surface area contributed by atoms with E-state index in [-0.39, 0.29) is 24.4 Å². The number of carbonyl (C=O) groups is 2. The van der Waals surface area contributed by atoms with Crippen molar-refractivity contribution in [1.82, 2.24) is 10.6 Å². The second kappa shape index (κ2) is 8.67. The Kier molecular flexibility index (Phi) is 5.84. The Labute approximate surface area is 158 Å². The number of amides is 2. The van der Waals surface area contributed by atoms with Crippen LogP contribution in [0.2, 0.25) is 0 Å². The molecule has 0 spiro atoms. The number of nitrogens with two attached hydrogens (primary N) is 1. The van der Waals surface area contributed by atoms with Crippen LogP contribution in [0.15, 0.2) is 84.9 Å². The number of hydrogen-bond donors (Lipinski definition) is 3. The van der Waals surface area contributed by atoms with E-state index >= 15 is 0 Å². The normalized spacial score (nSPS) is 10.4. The van der Waals surface area contributed by atoms with Gasteiger partial charge in [-0.15, -0.1) is 0 Å². The minimum absolute atomic E-state index is 0.112. The van der Waals surface area contributed by atoms with Gasteiger partial charge in [-0.1, -0.05) is 60.7 Å². The van der Waals surface area contributed by atoms with E-state index in [4.69, 9.17) is 5.73 Å². The van der Waals surface area contributed by atoms with E-state index < -0.39 is 0 Å². The number of nitrogen functional groups attached to an aromatic ring is 1. The number of hydrogen-bond acceptors (Lipinski definition) is 3. The van der Waals surface area contributed by atoms with Crippen LogP contribution in [0.5, 0.6) is 0 Å². The molecule has 4 N–H and O–H groups in total. The number of nitrogens with one attached hydrogen (secondary N) is 2. The van der Waals surface area contributed by atoms with E-state index in [1.165, 1.54) is 0 Å². The fraction of sp³-hybridized carbons (Fsp3) is 0.0909. The molecule has 0 unspecified atom stereocenters. The van der Waals surface area contributed by atoms with Crippen molar-refractivity contribution in [1.29, 1.82) is 0 Å². The van der Waals surface area contributed by atoms with Crippen molar-refractivity contribution in [2.24, 2.45) is 0 Å². The molecule has 0 heterocycles. The van der Waals surface area contributed by atoms with Crippen molar-refractivity contribution in [3.8, 4) is 0 Å². The summed E-state index contributed by atoms with van der Waals surface area (Å²) in [5.74, 6) is -0.586. The first-order valence-electron chi connectivity index (χ1n) is 8.66. The maximum Gasteiger partial charge on any atom is 0.251 e. The first-order chi connectivity index (χ1) is 13.1. The van der Waals surface area contributed by atoms with Crippen LogP contribution in [0.25, 0.3) is 0 Å². The second-order valence-corrected chi connectivity index (χ2v) is 6.13. The smallest absolute Gasteiger partial charge is 0.251 e. The maximum atomic E-state index is 12.4. The van der Waals surface area contributed by atoms with Gasteiger partial charge in [-0.25, -0.2) is 0 Å². The Bertz CT molecular complexity index is 854. The average molecular weight is 359 g/mol. The highest BCUT2D eigenvalue weighted by molar-refractivity contribution is 5.96. The Balaban J connectivity index is 1.66. The molecule has 2 amide bonds. The van der Waals surface area contributed by atoms with E-state index in [0.29, 0.717) is 11.3 Å². The van der Waals surface area contributed by atoms with Crippen LogP contribution < -0.4 is 16.4 Å². The van der Waals surface area contributed by atoms with Gasteiger partial charge in [0.1, 0.15) is 0 Å². The van der Waals surface area contributed by atoms with Crippen LogP contribution in [-0.4, -0.2) is 18.4 Å². The fourth-order valence-electron chi connectivity index (χ4n) is 2.76. The van der Waals surface area contributed by atoms with Crippen LogP contribution in [0, 0.1) is 0 Å². The third-order valence-electron chi connectivity index (χ3n) is 4.15. The summed E-state index contributed by atoms with van der Waals surface area (Å²) < 4.78 is 0. The quantitative estimate of drug-likeness (QED) is 0.592. The van der Waals surface area contributed by atoms with Crippen molar-refractivity contribution in [2.75, 3.05) is 12.3 Å². The lowest BCUT2D eigenvalue weighted by Gasteiger charge is -2.20. The predicted octanol–water partition coefficient (Wildman–Crippen LogP) is 2.90. The zero-order valence-electron chi connectivity index (χ0n) is 14.8. The molecule has 3 aromatic carbocycles. The molecular weight excluding hydrogens is 338 g/mol. The minimum Gasteiger partial charge on any atom is -0.399 e. The lowest BCUT2D eigenvalue weighted by molar-refractivity contribution is -0.120. The van der Waals surface area contributed by atoms with Gasteiger partial charge in [-0.3, -0.25) is 9.59 Å². The summed E-state index contributed by atoms with van der Waals surface area (Å²) >= 11 is 0. The summed E-state index contributed by atoms with van der Waals surface area (Å²) in [5, 5.41) is 5.63. The molecule has 0 saturated carbocycles. The SMILES string of the molecule is Nc1ccc(C(=O)NCC(=O)NC(c2ccccc2)c2ccccc2)cc1. The number of benzene rings is 3. The van der Waals surface area contributed by atoms with Gasteiger partial charge in [0.15, 0.2) is 0 Å². The molecule has 0 aliphatic rings. The van der Waals surface area contributed by atoms with Crippen molar-refractivity contribution in [2.45, 2.75) is 6.04 Å². The lowest BCUT2D eigenvalue weighted by Crippen LogP contribution is -2.39. The molecule has 3 rings (SSSR count).